The summed E-state index contributed by atoms with van der Waals surface area (Å²) in [7, 11) is 0. The lowest BCUT2D eigenvalue weighted by molar-refractivity contribution is 0.154. The number of hydrogen-bond acceptors (Lipinski definition) is 3. The first kappa shape index (κ1) is 14.6. The molecule has 108 valence electrons. The van der Waals surface area contributed by atoms with Crippen molar-refractivity contribution >= 4 is 0 Å². The van der Waals surface area contributed by atoms with Gasteiger partial charge in [0.2, 0.25) is 0 Å². The SMILES string of the molecule is CCCNCc1ccoc1CN1CCCC(CC)C1. The molecule has 1 N–H and O–H groups in total. The van der Waals surface area contributed by atoms with Crippen LogP contribution in [-0.4, -0.2) is 24.5 Å². The minimum atomic E-state index is 0.880. The van der Waals surface area contributed by atoms with Crippen molar-refractivity contribution in [1.29, 1.82) is 0 Å². The number of piperidine rings is 1. The molecule has 1 aliphatic rings. The molecule has 1 fully saturated rings. The molecule has 0 amide bonds. The maximum Gasteiger partial charge on any atom is 0.122 e. The van der Waals surface area contributed by atoms with Gasteiger partial charge in [-0.05, 0) is 44.3 Å². The van der Waals surface area contributed by atoms with Crippen LogP contribution in [0.4, 0.5) is 0 Å². The maximum atomic E-state index is 5.69. The largest absolute Gasteiger partial charge is 0.468 e. The zero-order valence-corrected chi connectivity index (χ0v) is 12.5. The van der Waals surface area contributed by atoms with Crippen molar-refractivity contribution in [3.8, 4) is 0 Å². The third-order valence-electron chi connectivity index (χ3n) is 4.13. The maximum absolute atomic E-state index is 5.69. The Bertz CT molecular complexity index is 361. The van der Waals surface area contributed by atoms with Gasteiger partial charge in [0.05, 0.1) is 12.8 Å². The van der Waals surface area contributed by atoms with E-state index in [0.29, 0.717) is 0 Å². The topological polar surface area (TPSA) is 28.4 Å². The lowest BCUT2D eigenvalue weighted by Crippen LogP contribution is -2.34. The summed E-state index contributed by atoms with van der Waals surface area (Å²) >= 11 is 0. The van der Waals surface area contributed by atoms with E-state index in [0.717, 1.165) is 31.3 Å². The number of rotatable bonds is 7. The van der Waals surface area contributed by atoms with Crippen molar-refractivity contribution in [2.24, 2.45) is 5.92 Å². The average Bonchev–Trinajstić information content (AvgIpc) is 2.87. The van der Waals surface area contributed by atoms with Gasteiger partial charge in [-0.15, -0.1) is 0 Å². The van der Waals surface area contributed by atoms with Gasteiger partial charge in [-0.1, -0.05) is 20.3 Å². The lowest BCUT2D eigenvalue weighted by atomic mass is 9.95. The van der Waals surface area contributed by atoms with Gasteiger partial charge < -0.3 is 9.73 Å². The fourth-order valence-electron chi connectivity index (χ4n) is 2.89. The van der Waals surface area contributed by atoms with Gasteiger partial charge in [0, 0.05) is 18.7 Å². The molecule has 1 aliphatic heterocycles. The molecule has 1 saturated heterocycles. The van der Waals surface area contributed by atoms with E-state index >= 15 is 0 Å². The third kappa shape index (κ3) is 4.36. The van der Waals surface area contributed by atoms with E-state index < -0.39 is 0 Å². The molecular formula is C16H28N2O. The Hall–Kier alpha value is -0.800. The predicted octanol–water partition coefficient (Wildman–Crippen LogP) is 3.40. The van der Waals surface area contributed by atoms with E-state index in [4.69, 9.17) is 4.42 Å². The van der Waals surface area contributed by atoms with Crippen molar-refractivity contribution in [2.45, 2.75) is 52.6 Å². The number of furan rings is 1. The van der Waals surface area contributed by atoms with Crippen LogP contribution >= 0.6 is 0 Å². The Labute approximate surface area is 117 Å². The highest BCUT2D eigenvalue weighted by atomic mass is 16.3. The zero-order chi connectivity index (χ0) is 13.5. The lowest BCUT2D eigenvalue weighted by Gasteiger charge is -2.31. The number of nitrogens with one attached hydrogen (secondary N) is 1. The van der Waals surface area contributed by atoms with Crippen molar-refractivity contribution in [3.63, 3.8) is 0 Å². The first-order valence-corrected chi connectivity index (χ1v) is 7.81. The molecule has 19 heavy (non-hydrogen) atoms. The average molecular weight is 264 g/mol. The molecule has 0 spiro atoms. The van der Waals surface area contributed by atoms with Gasteiger partial charge >= 0.3 is 0 Å². The molecule has 1 aromatic heterocycles. The molecule has 0 saturated carbocycles. The van der Waals surface area contributed by atoms with Crippen molar-refractivity contribution in [1.82, 2.24) is 10.2 Å². The first-order valence-electron chi connectivity index (χ1n) is 7.81. The Balaban J connectivity index is 1.86. The predicted molar refractivity (Wildman–Crippen MR) is 79.0 cm³/mol. The standard InChI is InChI=1S/C16H28N2O/c1-3-8-17-11-15-7-10-19-16(15)13-18-9-5-6-14(4-2)12-18/h7,10,14,17H,3-6,8-9,11-13H2,1-2H3. The molecule has 1 aromatic rings. The third-order valence-corrected chi connectivity index (χ3v) is 4.13. The minimum Gasteiger partial charge on any atom is -0.468 e. The van der Waals surface area contributed by atoms with Gasteiger partial charge in [-0.2, -0.15) is 0 Å². The van der Waals surface area contributed by atoms with Crippen molar-refractivity contribution < 1.29 is 4.42 Å². The Morgan fingerprint density at radius 1 is 1.42 bits per heavy atom. The molecule has 1 atom stereocenters. The summed E-state index contributed by atoms with van der Waals surface area (Å²) in [5, 5.41) is 3.46. The quantitative estimate of drug-likeness (QED) is 0.765. The Kier molecular flexibility index (Phi) is 5.93. The van der Waals surface area contributed by atoms with Gasteiger partial charge in [-0.3, -0.25) is 4.90 Å². The summed E-state index contributed by atoms with van der Waals surface area (Å²) < 4.78 is 5.69. The summed E-state index contributed by atoms with van der Waals surface area (Å²) in [5.74, 6) is 2.03. The molecule has 0 aliphatic carbocycles. The molecule has 0 aromatic carbocycles. The summed E-state index contributed by atoms with van der Waals surface area (Å²) in [6.45, 7) is 9.95. The fraction of sp³-hybridized carbons (Fsp3) is 0.750. The van der Waals surface area contributed by atoms with Crippen LogP contribution in [0.5, 0.6) is 0 Å². The smallest absolute Gasteiger partial charge is 0.122 e. The highest BCUT2D eigenvalue weighted by Crippen LogP contribution is 2.22. The summed E-state index contributed by atoms with van der Waals surface area (Å²) in [5.41, 5.74) is 1.33. The molecule has 2 rings (SSSR count). The molecule has 0 bridgehead atoms. The fourth-order valence-corrected chi connectivity index (χ4v) is 2.89. The number of likely N-dealkylation sites (tertiary alicyclic amines) is 1. The second-order valence-corrected chi connectivity index (χ2v) is 5.70. The number of nitrogens with zero attached hydrogens (tertiary/aromatic N) is 1. The zero-order valence-electron chi connectivity index (χ0n) is 12.5. The molecule has 2 heterocycles. The second kappa shape index (κ2) is 7.71. The van der Waals surface area contributed by atoms with Crippen molar-refractivity contribution in [3.05, 3.63) is 23.7 Å². The van der Waals surface area contributed by atoms with E-state index in [1.165, 1.54) is 44.3 Å². The summed E-state index contributed by atoms with van der Waals surface area (Å²) in [6.07, 6.45) is 7.05. The van der Waals surface area contributed by atoms with Gasteiger partial charge in [0.1, 0.15) is 5.76 Å². The van der Waals surface area contributed by atoms with Crippen LogP contribution in [0.1, 0.15) is 50.9 Å². The Morgan fingerprint density at radius 3 is 3.11 bits per heavy atom. The molecule has 3 nitrogen and oxygen atoms in total. The monoisotopic (exact) mass is 264 g/mol. The van der Waals surface area contributed by atoms with E-state index in [2.05, 4.69) is 30.1 Å². The van der Waals surface area contributed by atoms with Crippen LogP contribution in [0, 0.1) is 5.92 Å². The van der Waals surface area contributed by atoms with Crippen LogP contribution in [0.25, 0.3) is 0 Å². The minimum absolute atomic E-state index is 0.880. The molecule has 0 radical (unpaired) electrons. The Morgan fingerprint density at radius 2 is 2.32 bits per heavy atom. The molecule has 3 heteroatoms. The van der Waals surface area contributed by atoms with Crippen LogP contribution in [0.15, 0.2) is 16.7 Å². The molecule has 1 unspecified atom stereocenters. The summed E-state index contributed by atoms with van der Waals surface area (Å²) in [4.78, 5) is 2.56. The normalized spacial score (nSPS) is 20.8. The van der Waals surface area contributed by atoms with Gasteiger partial charge in [0.25, 0.3) is 0 Å². The van der Waals surface area contributed by atoms with Gasteiger partial charge in [0.15, 0.2) is 0 Å². The van der Waals surface area contributed by atoms with Crippen LogP contribution in [0.3, 0.4) is 0 Å². The van der Waals surface area contributed by atoms with Crippen LogP contribution in [-0.2, 0) is 13.1 Å². The highest BCUT2D eigenvalue weighted by Gasteiger charge is 2.20. The van der Waals surface area contributed by atoms with E-state index in [9.17, 15) is 0 Å². The van der Waals surface area contributed by atoms with E-state index in [-0.39, 0.29) is 0 Å². The van der Waals surface area contributed by atoms with E-state index in [1.54, 1.807) is 0 Å². The highest BCUT2D eigenvalue weighted by molar-refractivity contribution is 5.16. The van der Waals surface area contributed by atoms with Crippen LogP contribution < -0.4 is 5.32 Å². The van der Waals surface area contributed by atoms with Crippen LogP contribution in [0.2, 0.25) is 0 Å². The second-order valence-electron chi connectivity index (χ2n) is 5.70. The van der Waals surface area contributed by atoms with Crippen molar-refractivity contribution in [2.75, 3.05) is 19.6 Å². The van der Waals surface area contributed by atoms with E-state index in [1.807, 2.05) is 6.26 Å². The number of hydrogen-bond donors (Lipinski definition) is 1. The first-order chi connectivity index (χ1) is 9.33. The van der Waals surface area contributed by atoms with Gasteiger partial charge in [-0.25, -0.2) is 0 Å². The summed E-state index contributed by atoms with van der Waals surface area (Å²) in [6, 6.07) is 2.11. The molecular weight excluding hydrogens is 236 g/mol.